The van der Waals surface area contributed by atoms with Crippen LogP contribution in [0.25, 0.3) is 0 Å². The zero-order valence-electron chi connectivity index (χ0n) is 32.6. The molecule has 45 heavy (non-hydrogen) atoms. The Morgan fingerprint density at radius 1 is 0.289 bits per heavy atom. The van der Waals surface area contributed by atoms with E-state index in [4.69, 9.17) is 0 Å². The highest BCUT2D eigenvalue weighted by Crippen LogP contribution is 2.42. The molecule has 0 aliphatic rings. The molecule has 0 aromatic carbocycles. The molecule has 1 N–H and O–H groups in total. The van der Waals surface area contributed by atoms with Gasteiger partial charge in [-0.3, -0.25) is 0 Å². The van der Waals surface area contributed by atoms with Crippen LogP contribution in [0.5, 0.6) is 0 Å². The van der Waals surface area contributed by atoms with Crippen molar-refractivity contribution in [2.24, 2.45) is 5.41 Å². The highest BCUT2D eigenvalue weighted by Gasteiger charge is 2.36. The molecule has 0 bridgehead atoms. The fourth-order valence-corrected chi connectivity index (χ4v) is 7.95. The van der Waals surface area contributed by atoms with Gasteiger partial charge in [-0.2, -0.15) is 0 Å². The first-order valence-corrected chi connectivity index (χ1v) is 21.7. The summed E-state index contributed by atoms with van der Waals surface area (Å²) in [5.41, 5.74) is -0.140. The fraction of sp³-hybridized carbons (Fsp3) is 1.00. The molecule has 0 unspecified atom stereocenters. The monoisotopic (exact) mass is 635 g/mol. The summed E-state index contributed by atoms with van der Waals surface area (Å²) in [6, 6.07) is 0. The molecule has 0 saturated carbocycles. The minimum atomic E-state index is -0.445. The summed E-state index contributed by atoms with van der Waals surface area (Å²) in [7, 11) is 0. The molecule has 0 rings (SSSR count). The third kappa shape index (κ3) is 31.0. The Morgan fingerprint density at radius 2 is 0.489 bits per heavy atom. The second kappa shape index (κ2) is 33.8. The second-order valence-corrected chi connectivity index (χ2v) is 16.1. The zero-order valence-corrected chi connectivity index (χ0v) is 32.6. The van der Waals surface area contributed by atoms with Gasteiger partial charge in [-0.05, 0) is 37.5 Å². The molecule has 0 spiro atoms. The van der Waals surface area contributed by atoms with Gasteiger partial charge in [-0.25, -0.2) is 0 Å². The number of hydrogen-bond acceptors (Lipinski definition) is 1. The summed E-state index contributed by atoms with van der Waals surface area (Å²) in [5, 5.41) is 12.3. The molecule has 0 aromatic rings. The SMILES string of the molecule is CCCCCCCCCCC(C)(CCCCCCCCCC)CC(O)(CCCCCCCCCC)CCCCCCCCCC. The molecule has 0 saturated heterocycles. The van der Waals surface area contributed by atoms with Gasteiger partial charge in [0.25, 0.3) is 0 Å². The van der Waals surface area contributed by atoms with Crippen molar-refractivity contribution in [2.75, 3.05) is 0 Å². The van der Waals surface area contributed by atoms with Crippen molar-refractivity contribution in [1.29, 1.82) is 0 Å². The second-order valence-electron chi connectivity index (χ2n) is 16.1. The van der Waals surface area contributed by atoms with Crippen LogP contribution in [0.15, 0.2) is 0 Å². The summed E-state index contributed by atoms with van der Waals surface area (Å²) >= 11 is 0. The summed E-state index contributed by atoms with van der Waals surface area (Å²) in [6.07, 6.45) is 50.0. The molecule has 272 valence electrons. The van der Waals surface area contributed by atoms with Crippen LogP contribution in [-0.2, 0) is 0 Å². The molecule has 0 atom stereocenters. The first kappa shape index (κ1) is 45.0. The van der Waals surface area contributed by atoms with E-state index >= 15 is 0 Å². The Morgan fingerprint density at radius 3 is 0.733 bits per heavy atom. The van der Waals surface area contributed by atoms with Gasteiger partial charge in [0.1, 0.15) is 0 Å². The van der Waals surface area contributed by atoms with E-state index in [-0.39, 0.29) is 0 Å². The van der Waals surface area contributed by atoms with E-state index in [1.807, 2.05) is 0 Å². The Bertz CT molecular complexity index is 465. The van der Waals surface area contributed by atoms with E-state index < -0.39 is 5.60 Å². The maximum Gasteiger partial charge on any atom is 0.0653 e. The van der Waals surface area contributed by atoms with E-state index in [0.717, 1.165) is 19.3 Å². The van der Waals surface area contributed by atoms with Gasteiger partial charge >= 0.3 is 0 Å². The van der Waals surface area contributed by atoms with Crippen LogP contribution in [0, 0.1) is 5.41 Å². The first-order chi connectivity index (χ1) is 21.9. The quantitative estimate of drug-likeness (QED) is 0.0670. The molecule has 0 aliphatic carbocycles. The fourth-order valence-electron chi connectivity index (χ4n) is 7.95. The standard InChI is InChI=1S/C44H90O/c1-6-10-14-18-22-26-30-34-38-43(5,39-35-31-27-23-19-15-11-7-2)42-44(45,40-36-32-28-24-20-16-12-8-3)41-37-33-29-25-21-17-13-9-4/h45H,6-42H2,1-5H3. The lowest BCUT2D eigenvalue weighted by Crippen LogP contribution is -2.36. The van der Waals surface area contributed by atoms with Crippen LogP contribution >= 0.6 is 0 Å². The van der Waals surface area contributed by atoms with E-state index in [2.05, 4.69) is 34.6 Å². The highest BCUT2D eigenvalue weighted by molar-refractivity contribution is 4.88. The largest absolute Gasteiger partial charge is 0.390 e. The van der Waals surface area contributed by atoms with Gasteiger partial charge < -0.3 is 5.11 Å². The molecular weight excluding hydrogens is 544 g/mol. The van der Waals surface area contributed by atoms with Crippen LogP contribution in [-0.4, -0.2) is 10.7 Å². The Balaban J connectivity index is 5.06. The summed E-state index contributed by atoms with van der Waals surface area (Å²) < 4.78 is 0. The molecule has 0 heterocycles. The van der Waals surface area contributed by atoms with Crippen LogP contribution in [0.1, 0.15) is 272 Å². The van der Waals surface area contributed by atoms with Crippen LogP contribution in [0.2, 0.25) is 0 Å². The maximum absolute atomic E-state index is 12.3. The third-order valence-corrected chi connectivity index (χ3v) is 11.0. The maximum atomic E-state index is 12.3. The number of unbranched alkanes of at least 4 members (excludes halogenated alkanes) is 28. The van der Waals surface area contributed by atoms with Crippen molar-refractivity contribution in [2.45, 2.75) is 278 Å². The van der Waals surface area contributed by atoms with Gasteiger partial charge in [0.05, 0.1) is 5.60 Å². The van der Waals surface area contributed by atoms with E-state index in [0.29, 0.717) is 5.41 Å². The average molecular weight is 635 g/mol. The van der Waals surface area contributed by atoms with E-state index in [1.165, 1.54) is 218 Å². The molecule has 1 heteroatoms. The molecule has 0 aromatic heterocycles. The summed E-state index contributed by atoms with van der Waals surface area (Å²) in [4.78, 5) is 0. The van der Waals surface area contributed by atoms with Gasteiger partial charge in [0, 0.05) is 0 Å². The average Bonchev–Trinajstić information content (AvgIpc) is 3.02. The Labute approximate surface area is 287 Å². The zero-order chi connectivity index (χ0) is 33.2. The normalized spacial score (nSPS) is 12.4. The molecule has 0 radical (unpaired) electrons. The van der Waals surface area contributed by atoms with Crippen LogP contribution < -0.4 is 0 Å². The highest BCUT2D eigenvalue weighted by atomic mass is 16.3. The van der Waals surface area contributed by atoms with Gasteiger partial charge in [0.2, 0.25) is 0 Å². The molecular formula is C44H90O. The molecule has 0 amide bonds. The summed E-state index contributed by atoms with van der Waals surface area (Å²) in [6.45, 7) is 11.8. The van der Waals surface area contributed by atoms with Gasteiger partial charge in [-0.1, -0.05) is 240 Å². The van der Waals surface area contributed by atoms with Crippen molar-refractivity contribution in [3.8, 4) is 0 Å². The number of rotatable bonds is 38. The van der Waals surface area contributed by atoms with Crippen molar-refractivity contribution in [3.05, 3.63) is 0 Å². The topological polar surface area (TPSA) is 20.2 Å². The van der Waals surface area contributed by atoms with Crippen LogP contribution in [0.4, 0.5) is 0 Å². The Kier molecular flexibility index (Phi) is 33.8. The Hall–Kier alpha value is -0.0400. The van der Waals surface area contributed by atoms with E-state index in [1.54, 1.807) is 0 Å². The predicted octanol–water partition coefficient (Wildman–Crippen LogP) is 16.2. The number of hydrogen-bond donors (Lipinski definition) is 1. The van der Waals surface area contributed by atoms with Crippen molar-refractivity contribution < 1.29 is 5.11 Å². The van der Waals surface area contributed by atoms with Crippen molar-refractivity contribution >= 4 is 0 Å². The van der Waals surface area contributed by atoms with E-state index in [9.17, 15) is 5.11 Å². The summed E-state index contributed by atoms with van der Waals surface area (Å²) in [5.74, 6) is 0. The van der Waals surface area contributed by atoms with Gasteiger partial charge in [0.15, 0.2) is 0 Å². The minimum absolute atomic E-state index is 0.305. The number of aliphatic hydroxyl groups is 1. The smallest absolute Gasteiger partial charge is 0.0653 e. The lowest BCUT2D eigenvalue weighted by atomic mass is 9.69. The van der Waals surface area contributed by atoms with Crippen LogP contribution in [0.3, 0.4) is 0 Å². The lowest BCUT2D eigenvalue weighted by Gasteiger charge is -2.40. The lowest BCUT2D eigenvalue weighted by molar-refractivity contribution is -0.0305. The van der Waals surface area contributed by atoms with Crippen molar-refractivity contribution in [1.82, 2.24) is 0 Å². The predicted molar refractivity (Wildman–Crippen MR) is 207 cm³/mol. The van der Waals surface area contributed by atoms with Gasteiger partial charge in [-0.15, -0.1) is 0 Å². The minimum Gasteiger partial charge on any atom is -0.390 e. The molecule has 0 fully saturated rings. The molecule has 1 nitrogen and oxygen atoms in total. The van der Waals surface area contributed by atoms with Crippen molar-refractivity contribution in [3.63, 3.8) is 0 Å². The molecule has 0 aliphatic heterocycles. The first-order valence-electron chi connectivity index (χ1n) is 21.7. The third-order valence-electron chi connectivity index (χ3n) is 11.0.